The van der Waals surface area contributed by atoms with E-state index in [-0.39, 0.29) is 5.91 Å². The molecule has 2 heterocycles. The highest BCUT2D eigenvalue weighted by Crippen LogP contribution is 2.43. The Kier molecular flexibility index (Phi) is 11.0. The van der Waals surface area contributed by atoms with Crippen molar-refractivity contribution < 1.29 is 19.0 Å². The fraction of sp³-hybridized carbons (Fsp3) is 0.433. The molecule has 11 heteroatoms. The van der Waals surface area contributed by atoms with Crippen molar-refractivity contribution >= 4 is 45.2 Å². The van der Waals surface area contributed by atoms with E-state index in [1.54, 1.807) is 16.4 Å². The van der Waals surface area contributed by atoms with Gasteiger partial charge in [-0.25, -0.2) is 4.68 Å². The van der Waals surface area contributed by atoms with Gasteiger partial charge in [-0.05, 0) is 78.7 Å². The second-order valence-electron chi connectivity index (χ2n) is 9.36. The summed E-state index contributed by atoms with van der Waals surface area (Å²) in [5.74, 6) is 2.99. The number of anilines is 2. The standard InChI is InChI=1S/C30H38BrN5O4S/c1-6-10-13-16-40-27-21(31)17-20(18-24(27)39-8-3)26-25(19(5)32-29-34-30(41-9-4)35-36(26)29)28(37)33-22-14-11-12-15-23(22)38-7-2/h11-12,14-15,17-18,26H,6-10,13,16H2,1-5H3,(H,33,37)(H,32,34,35). The monoisotopic (exact) mass is 643 g/mol. The molecule has 1 aromatic heterocycles. The number of rotatable bonds is 14. The third-order valence-electron chi connectivity index (χ3n) is 6.43. The molecule has 2 N–H and O–H groups in total. The van der Waals surface area contributed by atoms with E-state index in [0.29, 0.717) is 65.1 Å². The van der Waals surface area contributed by atoms with Crippen LogP contribution < -0.4 is 24.8 Å². The smallest absolute Gasteiger partial charge is 0.255 e. The van der Waals surface area contributed by atoms with E-state index in [0.717, 1.165) is 35.1 Å². The number of nitrogens with one attached hydrogen (secondary N) is 2. The van der Waals surface area contributed by atoms with E-state index in [4.69, 9.17) is 19.3 Å². The summed E-state index contributed by atoms with van der Waals surface area (Å²) in [6, 6.07) is 10.7. The van der Waals surface area contributed by atoms with Gasteiger partial charge in [0.2, 0.25) is 11.1 Å². The minimum absolute atomic E-state index is 0.271. The van der Waals surface area contributed by atoms with Gasteiger partial charge in [0.05, 0.1) is 35.6 Å². The summed E-state index contributed by atoms with van der Waals surface area (Å²) >= 11 is 5.27. The molecular weight excluding hydrogens is 606 g/mol. The van der Waals surface area contributed by atoms with Gasteiger partial charge in [-0.3, -0.25) is 4.79 Å². The lowest BCUT2D eigenvalue weighted by Gasteiger charge is -2.29. The van der Waals surface area contributed by atoms with Crippen molar-refractivity contribution in [3.63, 3.8) is 0 Å². The first-order chi connectivity index (χ1) is 19.9. The fourth-order valence-electron chi connectivity index (χ4n) is 4.64. The topological polar surface area (TPSA) is 99.5 Å². The van der Waals surface area contributed by atoms with E-state index in [2.05, 4.69) is 45.4 Å². The van der Waals surface area contributed by atoms with E-state index in [9.17, 15) is 4.79 Å². The number of fused-ring (bicyclic) bond motifs is 1. The maximum atomic E-state index is 14.0. The summed E-state index contributed by atoms with van der Waals surface area (Å²) in [6.45, 7) is 11.5. The summed E-state index contributed by atoms with van der Waals surface area (Å²) in [4.78, 5) is 18.7. The molecular formula is C30H38BrN5O4S. The molecule has 9 nitrogen and oxygen atoms in total. The number of thioether (sulfide) groups is 1. The molecule has 1 atom stereocenters. The van der Waals surface area contributed by atoms with Crippen LogP contribution >= 0.6 is 27.7 Å². The number of halogens is 1. The first-order valence-corrected chi connectivity index (χ1v) is 15.9. The van der Waals surface area contributed by atoms with Crippen molar-refractivity contribution in [3.8, 4) is 17.2 Å². The second-order valence-corrected chi connectivity index (χ2v) is 11.4. The van der Waals surface area contributed by atoms with Crippen LogP contribution in [0.5, 0.6) is 17.2 Å². The molecule has 3 aromatic rings. The molecule has 220 valence electrons. The highest BCUT2D eigenvalue weighted by Gasteiger charge is 2.35. The van der Waals surface area contributed by atoms with Crippen molar-refractivity contribution in [2.24, 2.45) is 0 Å². The molecule has 2 aromatic carbocycles. The van der Waals surface area contributed by atoms with E-state index in [1.807, 2.05) is 57.2 Å². The van der Waals surface area contributed by atoms with Gasteiger partial charge in [0.25, 0.3) is 5.91 Å². The maximum absolute atomic E-state index is 14.0. The number of para-hydroxylation sites is 2. The Labute approximate surface area is 254 Å². The number of carbonyl (C=O) groups is 1. The Hall–Kier alpha value is -3.18. The number of amides is 1. The molecule has 0 radical (unpaired) electrons. The van der Waals surface area contributed by atoms with Crippen molar-refractivity contribution in [1.29, 1.82) is 0 Å². The van der Waals surface area contributed by atoms with Gasteiger partial charge in [-0.1, -0.05) is 50.6 Å². The quantitative estimate of drug-likeness (QED) is 0.138. The third-order valence-corrected chi connectivity index (χ3v) is 7.74. The molecule has 4 rings (SSSR count). The normalized spacial score (nSPS) is 14.3. The average molecular weight is 645 g/mol. The average Bonchev–Trinajstić information content (AvgIpc) is 3.34. The molecule has 1 unspecified atom stereocenters. The summed E-state index contributed by atoms with van der Waals surface area (Å²) in [5.41, 5.74) is 2.59. The molecule has 0 saturated carbocycles. The molecule has 1 aliphatic rings. The summed E-state index contributed by atoms with van der Waals surface area (Å²) in [5, 5.41) is 11.8. The lowest BCUT2D eigenvalue weighted by atomic mass is 9.94. The zero-order valence-electron chi connectivity index (χ0n) is 24.3. The Morgan fingerprint density at radius 3 is 2.56 bits per heavy atom. The minimum atomic E-state index is -0.575. The highest BCUT2D eigenvalue weighted by atomic mass is 79.9. The van der Waals surface area contributed by atoms with Gasteiger partial charge in [-0.2, -0.15) is 4.98 Å². The summed E-state index contributed by atoms with van der Waals surface area (Å²) in [6.07, 6.45) is 3.17. The van der Waals surface area contributed by atoms with Crippen LogP contribution in [0.3, 0.4) is 0 Å². The van der Waals surface area contributed by atoms with Crippen LogP contribution in [0, 0.1) is 0 Å². The predicted molar refractivity (Wildman–Crippen MR) is 167 cm³/mol. The lowest BCUT2D eigenvalue weighted by molar-refractivity contribution is -0.113. The number of allylic oxidation sites excluding steroid dienone is 1. The van der Waals surface area contributed by atoms with Crippen molar-refractivity contribution in [3.05, 3.63) is 57.7 Å². The Balaban J connectivity index is 1.79. The number of hydrogen-bond donors (Lipinski definition) is 2. The van der Waals surface area contributed by atoms with Gasteiger partial charge < -0.3 is 24.8 Å². The van der Waals surface area contributed by atoms with Crippen LogP contribution in [0.15, 0.2) is 57.3 Å². The number of ether oxygens (including phenoxy) is 3. The minimum Gasteiger partial charge on any atom is -0.492 e. The zero-order valence-corrected chi connectivity index (χ0v) is 26.7. The van der Waals surface area contributed by atoms with Gasteiger partial charge in [0.1, 0.15) is 11.8 Å². The predicted octanol–water partition coefficient (Wildman–Crippen LogP) is 7.45. The van der Waals surface area contributed by atoms with Crippen LogP contribution in [0.1, 0.15) is 65.5 Å². The van der Waals surface area contributed by atoms with Gasteiger partial charge in [0, 0.05) is 5.70 Å². The van der Waals surface area contributed by atoms with E-state index < -0.39 is 6.04 Å². The highest BCUT2D eigenvalue weighted by molar-refractivity contribution is 9.10. The van der Waals surface area contributed by atoms with Crippen molar-refractivity contribution in [2.45, 2.75) is 65.1 Å². The number of carbonyl (C=O) groups excluding carboxylic acids is 1. The molecule has 0 aliphatic carbocycles. The largest absolute Gasteiger partial charge is 0.492 e. The Morgan fingerprint density at radius 1 is 1.07 bits per heavy atom. The van der Waals surface area contributed by atoms with Crippen LogP contribution in [0.4, 0.5) is 11.6 Å². The summed E-state index contributed by atoms with van der Waals surface area (Å²) < 4.78 is 20.5. The molecule has 0 spiro atoms. The number of benzene rings is 2. The maximum Gasteiger partial charge on any atom is 0.255 e. The first kappa shape index (κ1) is 30.8. The number of aromatic nitrogens is 3. The first-order valence-electron chi connectivity index (χ1n) is 14.1. The van der Waals surface area contributed by atoms with Gasteiger partial charge >= 0.3 is 0 Å². The zero-order chi connectivity index (χ0) is 29.4. The van der Waals surface area contributed by atoms with Crippen molar-refractivity contribution in [1.82, 2.24) is 14.8 Å². The fourth-order valence-corrected chi connectivity index (χ4v) is 5.77. The van der Waals surface area contributed by atoms with Crippen LogP contribution in [-0.2, 0) is 4.79 Å². The third kappa shape index (κ3) is 7.19. The van der Waals surface area contributed by atoms with Crippen LogP contribution in [0.2, 0.25) is 0 Å². The van der Waals surface area contributed by atoms with Gasteiger partial charge in [0.15, 0.2) is 11.5 Å². The van der Waals surface area contributed by atoms with Crippen LogP contribution in [0.25, 0.3) is 0 Å². The second kappa shape index (κ2) is 14.6. The van der Waals surface area contributed by atoms with Crippen molar-refractivity contribution in [2.75, 3.05) is 36.2 Å². The Bertz CT molecular complexity index is 1390. The number of hydrogen-bond acceptors (Lipinski definition) is 8. The number of nitrogens with zero attached hydrogens (tertiary/aromatic N) is 3. The van der Waals surface area contributed by atoms with E-state index in [1.165, 1.54) is 0 Å². The SMILES string of the molecule is CCCCCOc1c(Br)cc(C2C(C(=O)Nc3ccccc3OCC)=C(C)Nc3nc(SCC)nn32)cc1OCC. The molecule has 0 bridgehead atoms. The summed E-state index contributed by atoms with van der Waals surface area (Å²) in [7, 11) is 0. The molecule has 0 fully saturated rings. The molecule has 0 saturated heterocycles. The Morgan fingerprint density at radius 2 is 1.83 bits per heavy atom. The molecule has 1 aliphatic heterocycles. The lowest BCUT2D eigenvalue weighted by Crippen LogP contribution is -2.31. The number of unbranched alkanes of at least 4 members (excludes halogenated alkanes) is 2. The molecule has 41 heavy (non-hydrogen) atoms. The van der Waals surface area contributed by atoms with Crippen LogP contribution in [-0.4, -0.2) is 46.2 Å². The van der Waals surface area contributed by atoms with E-state index >= 15 is 0 Å². The molecule has 1 amide bonds. The van der Waals surface area contributed by atoms with Gasteiger partial charge in [-0.15, -0.1) is 5.10 Å².